The number of carbonyl (C=O) groups is 2. The van der Waals surface area contributed by atoms with Gasteiger partial charge in [0.2, 0.25) is 11.8 Å². The van der Waals surface area contributed by atoms with Gasteiger partial charge in [0, 0.05) is 31.9 Å². The van der Waals surface area contributed by atoms with E-state index in [0.717, 1.165) is 0 Å². The number of hydrogen-bond donors (Lipinski definition) is 2. The molecule has 0 bridgehead atoms. The van der Waals surface area contributed by atoms with Gasteiger partial charge in [-0.1, -0.05) is 6.07 Å². The smallest absolute Gasteiger partial charge is 0.244 e. The third kappa shape index (κ3) is 4.98. The number of nitrogens with zero attached hydrogens (tertiary/aromatic N) is 3. The molecule has 7 nitrogen and oxygen atoms in total. The Balaban J connectivity index is 1.63. The first-order chi connectivity index (χ1) is 10.6. The normalized spacial score (nSPS) is 14.0. The van der Waals surface area contributed by atoms with E-state index in [1.165, 1.54) is 0 Å². The zero-order valence-electron chi connectivity index (χ0n) is 12.1. The van der Waals surface area contributed by atoms with Crippen molar-refractivity contribution in [3.8, 4) is 12.3 Å². The van der Waals surface area contributed by atoms with E-state index in [9.17, 15) is 9.59 Å². The zero-order chi connectivity index (χ0) is 15.8. The molecule has 2 N–H and O–H groups in total. The second kappa shape index (κ2) is 7.31. The average Bonchev–Trinajstić information content (AvgIpc) is 3.30. The molecule has 2 amide bonds. The number of amides is 2. The summed E-state index contributed by atoms with van der Waals surface area (Å²) in [5.41, 5.74) is -0.472. The summed E-state index contributed by atoms with van der Waals surface area (Å²) in [5, 5.41) is 13.1. The lowest BCUT2D eigenvalue weighted by Gasteiger charge is -2.09. The maximum absolute atomic E-state index is 11.7. The molecule has 0 fully saturated rings. The minimum Gasteiger partial charge on any atom is -0.347 e. The van der Waals surface area contributed by atoms with Gasteiger partial charge < -0.3 is 10.6 Å². The van der Waals surface area contributed by atoms with E-state index in [1.54, 1.807) is 24.4 Å². The van der Waals surface area contributed by atoms with Crippen LogP contribution in [0.2, 0.25) is 0 Å². The number of nitrogens with one attached hydrogen (secondary N) is 2. The van der Waals surface area contributed by atoms with Crippen molar-refractivity contribution in [2.24, 2.45) is 10.2 Å². The maximum Gasteiger partial charge on any atom is 0.244 e. The predicted molar refractivity (Wildman–Crippen MR) is 80.8 cm³/mol. The standard InChI is InChI=1S/C15H17N5O2/c1-2-3-8-15(19-20-15)9-7-13(21)17-11-14(22)18-12-6-4-5-10-16-12/h1,4-6,10H,3,7-9,11H2,(H,17,21)(H,16,18,22). The molecule has 0 spiro atoms. The van der Waals surface area contributed by atoms with Gasteiger partial charge in [-0.3, -0.25) is 9.59 Å². The van der Waals surface area contributed by atoms with Crippen molar-refractivity contribution in [3.05, 3.63) is 24.4 Å². The lowest BCUT2D eigenvalue weighted by atomic mass is 10.0. The Labute approximate surface area is 128 Å². The van der Waals surface area contributed by atoms with E-state index < -0.39 is 5.66 Å². The highest BCUT2D eigenvalue weighted by Crippen LogP contribution is 2.37. The number of terminal acetylenes is 1. The molecule has 2 rings (SSSR count). The lowest BCUT2D eigenvalue weighted by molar-refractivity contribution is -0.124. The molecule has 0 saturated heterocycles. The Bertz CT molecular complexity index is 600. The van der Waals surface area contributed by atoms with Crippen molar-refractivity contribution in [3.63, 3.8) is 0 Å². The van der Waals surface area contributed by atoms with Gasteiger partial charge in [-0.25, -0.2) is 4.98 Å². The fourth-order valence-corrected chi connectivity index (χ4v) is 1.87. The molecule has 1 aromatic rings. The second-order valence-corrected chi connectivity index (χ2v) is 4.93. The molecule has 22 heavy (non-hydrogen) atoms. The first kappa shape index (κ1) is 15.6. The lowest BCUT2D eigenvalue weighted by Crippen LogP contribution is -2.33. The summed E-state index contributed by atoms with van der Waals surface area (Å²) < 4.78 is 0. The van der Waals surface area contributed by atoms with Crippen LogP contribution in [-0.2, 0) is 9.59 Å². The third-order valence-electron chi connectivity index (χ3n) is 3.18. The molecule has 0 unspecified atom stereocenters. The van der Waals surface area contributed by atoms with Crippen LogP contribution in [0.3, 0.4) is 0 Å². The van der Waals surface area contributed by atoms with Crippen molar-refractivity contribution in [1.29, 1.82) is 0 Å². The third-order valence-corrected chi connectivity index (χ3v) is 3.18. The SMILES string of the molecule is C#CCCC1(CCC(=O)NCC(=O)Nc2ccccn2)N=N1. The van der Waals surface area contributed by atoms with Gasteiger partial charge in [0.15, 0.2) is 5.66 Å². The molecule has 1 aliphatic heterocycles. The maximum atomic E-state index is 11.7. The summed E-state index contributed by atoms with van der Waals surface area (Å²) in [4.78, 5) is 27.3. The minimum atomic E-state index is -0.472. The van der Waals surface area contributed by atoms with Gasteiger partial charge in [0.05, 0.1) is 6.54 Å². The van der Waals surface area contributed by atoms with Crippen LogP contribution in [0.15, 0.2) is 34.6 Å². The van der Waals surface area contributed by atoms with Crippen LogP contribution in [0.1, 0.15) is 25.7 Å². The average molecular weight is 299 g/mol. The van der Waals surface area contributed by atoms with Crippen LogP contribution >= 0.6 is 0 Å². The monoisotopic (exact) mass is 299 g/mol. The van der Waals surface area contributed by atoms with Crippen LogP contribution in [-0.4, -0.2) is 29.0 Å². The summed E-state index contributed by atoms with van der Waals surface area (Å²) in [6.45, 7) is -0.0962. The topological polar surface area (TPSA) is 95.8 Å². The molecular weight excluding hydrogens is 282 g/mol. The Hall–Kier alpha value is -2.75. The van der Waals surface area contributed by atoms with Gasteiger partial charge >= 0.3 is 0 Å². The molecule has 1 aliphatic rings. The van der Waals surface area contributed by atoms with Crippen LogP contribution in [0.5, 0.6) is 0 Å². The van der Waals surface area contributed by atoms with Crippen molar-refractivity contribution in [1.82, 2.24) is 10.3 Å². The highest BCUT2D eigenvalue weighted by Gasteiger charge is 2.39. The second-order valence-electron chi connectivity index (χ2n) is 4.93. The zero-order valence-corrected chi connectivity index (χ0v) is 12.1. The van der Waals surface area contributed by atoms with Crippen molar-refractivity contribution in [2.75, 3.05) is 11.9 Å². The van der Waals surface area contributed by atoms with Gasteiger partial charge in [0.25, 0.3) is 0 Å². The largest absolute Gasteiger partial charge is 0.347 e. The van der Waals surface area contributed by atoms with E-state index in [0.29, 0.717) is 25.1 Å². The molecule has 114 valence electrons. The fraction of sp³-hybridized carbons (Fsp3) is 0.400. The van der Waals surface area contributed by atoms with E-state index in [4.69, 9.17) is 6.42 Å². The van der Waals surface area contributed by atoms with Crippen LogP contribution in [0.25, 0.3) is 0 Å². The summed E-state index contributed by atoms with van der Waals surface area (Å²) in [6, 6.07) is 5.19. The fourth-order valence-electron chi connectivity index (χ4n) is 1.87. The van der Waals surface area contributed by atoms with Crippen molar-refractivity contribution < 1.29 is 9.59 Å². The van der Waals surface area contributed by atoms with Gasteiger partial charge in [-0.15, -0.1) is 12.3 Å². The Morgan fingerprint density at radius 1 is 1.23 bits per heavy atom. The van der Waals surface area contributed by atoms with Crippen LogP contribution in [0, 0.1) is 12.3 Å². The molecule has 0 aliphatic carbocycles. The summed E-state index contributed by atoms with van der Waals surface area (Å²) in [6.07, 6.45) is 8.80. The number of hydrogen-bond acceptors (Lipinski definition) is 5. The quantitative estimate of drug-likeness (QED) is 0.712. The van der Waals surface area contributed by atoms with E-state index in [1.807, 2.05) is 0 Å². The molecular formula is C15H17N5O2. The first-order valence-electron chi connectivity index (χ1n) is 6.99. The summed E-state index contributed by atoms with van der Waals surface area (Å²) in [5.74, 6) is 2.45. The summed E-state index contributed by atoms with van der Waals surface area (Å²) in [7, 11) is 0. The predicted octanol–water partition coefficient (Wildman–Crippen LogP) is 1.49. The van der Waals surface area contributed by atoms with E-state index >= 15 is 0 Å². The van der Waals surface area contributed by atoms with Crippen LogP contribution in [0.4, 0.5) is 5.82 Å². The van der Waals surface area contributed by atoms with Gasteiger partial charge in [-0.05, 0) is 12.1 Å². The van der Waals surface area contributed by atoms with E-state index in [2.05, 4.69) is 31.8 Å². The molecule has 0 saturated carbocycles. The number of carbonyl (C=O) groups excluding carboxylic acids is 2. The Morgan fingerprint density at radius 2 is 2.05 bits per heavy atom. The highest BCUT2D eigenvalue weighted by molar-refractivity contribution is 5.93. The van der Waals surface area contributed by atoms with E-state index in [-0.39, 0.29) is 24.8 Å². The van der Waals surface area contributed by atoms with Crippen molar-refractivity contribution >= 4 is 17.6 Å². The van der Waals surface area contributed by atoms with Gasteiger partial charge in [-0.2, -0.15) is 10.2 Å². The Morgan fingerprint density at radius 3 is 2.68 bits per heavy atom. The number of pyridine rings is 1. The number of rotatable bonds is 8. The van der Waals surface area contributed by atoms with Crippen molar-refractivity contribution in [2.45, 2.75) is 31.3 Å². The highest BCUT2D eigenvalue weighted by atomic mass is 16.2. The molecule has 0 radical (unpaired) electrons. The molecule has 2 heterocycles. The number of aromatic nitrogens is 1. The van der Waals surface area contributed by atoms with Crippen LogP contribution < -0.4 is 10.6 Å². The van der Waals surface area contributed by atoms with Gasteiger partial charge in [0.1, 0.15) is 5.82 Å². The molecule has 0 aromatic carbocycles. The Kier molecular flexibility index (Phi) is 5.20. The minimum absolute atomic E-state index is 0.0962. The molecule has 7 heteroatoms. The molecule has 0 atom stereocenters. The first-order valence-corrected chi connectivity index (χ1v) is 6.99. The summed E-state index contributed by atoms with van der Waals surface area (Å²) >= 11 is 0. The number of anilines is 1. The molecule has 1 aromatic heterocycles.